The Hall–Kier alpha value is -1.69. The van der Waals surface area contributed by atoms with E-state index in [1.165, 1.54) is 6.42 Å². The normalized spacial score (nSPS) is 19.5. The molecule has 1 aliphatic heterocycles. The molecule has 0 spiro atoms. The lowest BCUT2D eigenvalue weighted by Crippen LogP contribution is -2.21. The predicted molar refractivity (Wildman–Crippen MR) is 84.1 cm³/mol. The van der Waals surface area contributed by atoms with Crippen molar-refractivity contribution in [1.82, 2.24) is 24.6 Å². The van der Waals surface area contributed by atoms with Gasteiger partial charge in [-0.25, -0.2) is 9.97 Å². The van der Waals surface area contributed by atoms with Crippen LogP contribution in [0.15, 0.2) is 6.20 Å². The molecule has 1 N–H and O–H groups in total. The maximum atomic E-state index is 4.72. The molecule has 0 aliphatic carbocycles. The van der Waals surface area contributed by atoms with E-state index in [9.17, 15) is 0 Å². The smallest absolute Gasteiger partial charge is 0.163 e. The molecular formula is C15H24N6. The van der Waals surface area contributed by atoms with Crippen molar-refractivity contribution >= 4 is 16.9 Å². The molecule has 6 heteroatoms. The summed E-state index contributed by atoms with van der Waals surface area (Å²) < 4.78 is 1.82. The van der Waals surface area contributed by atoms with Crippen molar-refractivity contribution in [2.24, 2.45) is 13.0 Å². The number of hydrogen-bond acceptors (Lipinski definition) is 5. The highest BCUT2D eigenvalue weighted by atomic mass is 15.3. The number of rotatable bonds is 5. The van der Waals surface area contributed by atoms with Crippen LogP contribution < -0.4 is 5.32 Å². The molecule has 3 rings (SSSR count). The average Bonchev–Trinajstić information content (AvgIpc) is 3.03. The van der Waals surface area contributed by atoms with Crippen molar-refractivity contribution in [1.29, 1.82) is 0 Å². The standard InChI is InChI=1S/C15H24N6/c1-4-6-16-14-12-8-17-20(3)15(12)19-13(18-14)10-21-7-5-11(2)9-21/h8,11H,4-7,9-10H2,1-3H3,(H,16,18,19). The molecule has 3 heterocycles. The third-order valence-electron chi connectivity index (χ3n) is 4.05. The second kappa shape index (κ2) is 5.97. The van der Waals surface area contributed by atoms with Crippen LogP contribution in [0.3, 0.4) is 0 Å². The molecule has 0 saturated carbocycles. The van der Waals surface area contributed by atoms with E-state index in [1.54, 1.807) is 0 Å². The topological polar surface area (TPSA) is 58.9 Å². The van der Waals surface area contributed by atoms with Gasteiger partial charge in [0.05, 0.1) is 18.1 Å². The first-order chi connectivity index (χ1) is 10.2. The highest BCUT2D eigenvalue weighted by molar-refractivity contribution is 5.86. The van der Waals surface area contributed by atoms with Crippen LogP contribution in [0.5, 0.6) is 0 Å². The van der Waals surface area contributed by atoms with E-state index >= 15 is 0 Å². The Morgan fingerprint density at radius 1 is 1.38 bits per heavy atom. The number of nitrogens with one attached hydrogen (secondary N) is 1. The SMILES string of the molecule is CCCNc1nc(CN2CCC(C)C2)nc2c1cnn2C. The fraction of sp³-hybridized carbons (Fsp3) is 0.667. The molecule has 0 amide bonds. The molecule has 114 valence electrons. The predicted octanol–water partition coefficient (Wildman–Crippen LogP) is 2.03. The molecule has 1 atom stereocenters. The molecule has 0 bridgehead atoms. The van der Waals surface area contributed by atoms with Crippen LogP contribution in [0.1, 0.15) is 32.5 Å². The Bertz CT molecular complexity index is 620. The summed E-state index contributed by atoms with van der Waals surface area (Å²) in [6, 6.07) is 0. The lowest BCUT2D eigenvalue weighted by Gasteiger charge is -2.15. The number of anilines is 1. The summed E-state index contributed by atoms with van der Waals surface area (Å²) in [6.45, 7) is 8.49. The second-order valence-corrected chi connectivity index (χ2v) is 6.05. The van der Waals surface area contributed by atoms with Crippen LogP contribution >= 0.6 is 0 Å². The van der Waals surface area contributed by atoms with Crippen LogP contribution in [-0.2, 0) is 13.6 Å². The quantitative estimate of drug-likeness (QED) is 0.912. The van der Waals surface area contributed by atoms with Crippen molar-refractivity contribution in [3.05, 3.63) is 12.0 Å². The summed E-state index contributed by atoms with van der Waals surface area (Å²) in [6.07, 6.45) is 4.19. The van der Waals surface area contributed by atoms with Gasteiger partial charge in [0.25, 0.3) is 0 Å². The Kier molecular flexibility index (Phi) is 4.05. The van der Waals surface area contributed by atoms with Crippen molar-refractivity contribution in [3.8, 4) is 0 Å². The van der Waals surface area contributed by atoms with Crippen LogP contribution in [0.4, 0.5) is 5.82 Å². The van der Waals surface area contributed by atoms with Crippen LogP contribution in [0.2, 0.25) is 0 Å². The molecule has 2 aromatic heterocycles. The molecule has 1 unspecified atom stereocenters. The Morgan fingerprint density at radius 2 is 2.24 bits per heavy atom. The summed E-state index contributed by atoms with van der Waals surface area (Å²) in [7, 11) is 1.93. The second-order valence-electron chi connectivity index (χ2n) is 6.05. The summed E-state index contributed by atoms with van der Waals surface area (Å²) in [5, 5.41) is 8.72. The number of aromatic nitrogens is 4. The van der Waals surface area contributed by atoms with Gasteiger partial charge in [0.15, 0.2) is 5.65 Å². The highest BCUT2D eigenvalue weighted by Gasteiger charge is 2.20. The average molecular weight is 288 g/mol. The zero-order valence-corrected chi connectivity index (χ0v) is 13.1. The van der Waals surface area contributed by atoms with Crippen molar-refractivity contribution in [2.75, 3.05) is 25.0 Å². The van der Waals surface area contributed by atoms with Crippen LogP contribution in [0.25, 0.3) is 11.0 Å². The van der Waals surface area contributed by atoms with Gasteiger partial charge in [0.1, 0.15) is 11.6 Å². The molecule has 1 fully saturated rings. The van der Waals surface area contributed by atoms with E-state index in [0.717, 1.165) is 61.2 Å². The molecular weight excluding hydrogens is 264 g/mol. The molecule has 1 aliphatic rings. The van der Waals surface area contributed by atoms with Crippen molar-refractivity contribution < 1.29 is 0 Å². The lowest BCUT2D eigenvalue weighted by molar-refractivity contribution is 0.312. The molecule has 21 heavy (non-hydrogen) atoms. The Labute approximate surface area is 125 Å². The summed E-state index contributed by atoms with van der Waals surface area (Å²) >= 11 is 0. The fourth-order valence-corrected chi connectivity index (χ4v) is 2.89. The number of aryl methyl sites for hydroxylation is 1. The first-order valence-electron chi connectivity index (χ1n) is 7.82. The van der Waals surface area contributed by atoms with E-state index in [0.29, 0.717) is 0 Å². The van der Waals surface area contributed by atoms with Gasteiger partial charge in [-0.3, -0.25) is 9.58 Å². The van der Waals surface area contributed by atoms with Gasteiger partial charge in [-0.05, 0) is 25.3 Å². The van der Waals surface area contributed by atoms with Gasteiger partial charge in [0, 0.05) is 20.1 Å². The Morgan fingerprint density at radius 3 is 2.95 bits per heavy atom. The van der Waals surface area contributed by atoms with E-state index in [1.807, 2.05) is 17.9 Å². The first-order valence-corrected chi connectivity index (χ1v) is 7.82. The highest BCUT2D eigenvalue weighted by Crippen LogP contribution is 2.22. The van der Waals surface area contributed by atoms with E-state index < -0.39 is 0 Å². The third kappa shape index (κ3) is 3.00. The minimum absolute atomic E-state index is 0.781. The van der Waals surface area contributed by atoms with Gasteiger partial charge in [-0.2, -0.15) is 5.10 Å². The minimum atomic E-state index is 0.781. The van der Waals surface area contributed by atoms with Gasteiger partial charge in [-0.1, -0.05) is 13.8 Å². The third-order valence-corrected chi connectivity index (χ3v) is 4.05. The number of hydrogen-bond donors (Lipinski definition) is 1. The molecule has 2 aromatic rings. The first kappa shape index (κ1) is 14.3. The molecule has 1 saturated heterocycles. The molecule has 0 radical (unpaired) electrons. The van der Waals surface area contributed by atoms with Crippen molar-refractivity contribution in [2.45, 2.75) is 33.2 Å². The van der Waals surface area contributed by atoms with E-state index in [4.69, 9.17) is 9.97 Å². The van der Waals surface area contributed by atoms with Gasteiger partial charge >= 0.3 is 0 Å². The monoisotopic (exact) mass is 288 g/mol. The van der Waals surface area contributed by atoms with Crippen LogP contribution in [0, 0.1) is 5.92 Å². The zero-order valence-electron chi connectivity index (χ0n) is 13.1. The number of likely N-dealkylation sites (tertiary alicyclic amines) is 1. The summed E-state index contributed by atoms with van der Waals surface area (Å²) in [5.41, 5.74) is 0.908. The number of fused-ring (bicyclic) bond motifs is 1. The van der Waals surface area contributed by atoms with E-state index in [-0.39, 0.29) is 0 Å². The fourth-order valence-electron chi connectivity index (χ4n) is 2.89. The number of nitrogens with zero attached hydrogens (tertiary/aromatic N) is 5. The Balaban J connectivity index is 1.89. The maximum absolute atomic E-state index is 4.72. The lowest BCUT2D eigenvalue weighted by atomic mass is 10.2. The maximum Gasteiger partial charge on any atom is 0.163 e. The van der Waals surface area contributed by atoms with Gasteiger partial charge in [0.2, 0.25) is 0 Å². The van der Waals surface area contributed by atoms with Gasteiger partial charge < -0.3 is 5.32 Å². The largest absolute Gasteiger partial charge is 0.369 e. The van der Waals surface area contributed by atoms with Gasteiger partial charge in [-0.15, -0.1) is 0 Å². The summed E-state index contributed by atoms with van der Waals surface area (Å²) in [5.74, 6) is 2.58. The minimum Gasteiger partial charge on any atom is -0.369 e. The summed E-state index contributed by atoms with van der Waals surface area (Å²) in [4.78, 5) is 11.9. The van der Waals surface area contributed by atoms with Crippen LogP contribution in [-0.4, -0.2) is 44.3 Å². The molecule has 6 nitrogen and oxygen atoms in total. The van der Waals surface area contributed by atoms with Crippen molar-refractivity contribution in [3.63, 3.8) is 0 Å². The zero-order chi connectivity index (χ0) is 14.8. The van der Waals surface area contributed by atoms with E-state index in [2.05, 4.69) is 29.2 Å². The molecule has 0 aromatic carbocycles.